The summed E-state index contributed by atoms with van der Waals surface area (Å²) < 4.78 is 5.52. The van der Waals surface area contributed by atoms with Crippen LogP contribution in [0.5, 0.6) is 5.75 Å². The van der Waals surface area contributed by atoms with Crippen molar-refractivity contribution >= 4 is 34.7 Å². The molecular formula is C18H12N2O4. The number of urea groups is 1. The van der Waals surface area contributed by atoms with Crippen LogP contribution >= 0.6 is 0 Å². The highest BCUT2D eigenvalue weighted by Crippen LogP contribution is 2.30. The fourth-order valence-corrected chi connectivity index (χ4v) is 2.42. The summed E-state index contributed by atoms with van der Waals surface area (Å²) in [6.07, 6.45) is 6.62. The molecule has 0 radical (unpaired) electrons. The van der Waals surface area contributed by atoms with Gasteiger partial charge >= 0.3 is 6.03 Å². The number of barbiturate groups is 1. The largest absolute Gasteiger partial charge is 0.480 e. The smallest absolute Gasteiger partial charge is 0.328 e. The van der Waals surface area contributed by atoms with Crippen molar-refractivity contribution in [1.29, 1.82) is 0 Å². The Kier molecular flexibility index (Phi) is 4.00. The quantitative estimate of drug-likeness (QED) is 0.511. The van der Waals surface area contributed by atoms with Crippen molar-refractivity contribution in [2.75, 3.05) is 6.61 Å². The van der Waals surface area contributed by atoms with Crippen molar-refractivity contribution in [3.63, 3.8) is 0 Å². The van der Waals surface area contributed by atoms with Crippen LogP contribution in [0.4, 0.5) is 4.79 Å². The van der Waals surface area contributed by atoms with Gasteiger partial charge in [0, 0.05) is 5.56 Å². The van der Waals surface area contributed by atoms with Gasteiger partial charge in [-0.15, -0.1) is 6.42 Å². The summed E-state index contributed by atoms with van der Waals surface area (Å²) in [6, 6.07) is 10.2. The lowest BCUT2D eigenvalue weighted by atomic mass is 10.00. The average molecular weight is 320 g/mol. The fourth-order valence-electron chi connectivity index (χ4n) is 2.42. The lowest BCUT2D eigenvalue weighted by molar-refractivity contribution is -0.123. The van der Waals surface area contributed by atoms with Crippen LogP contribution in [0.1, 0.15) is 5.56 Å². The van der Waals surface area contributed by atoms with E-state index in [9.17, 15) is 14.4 Å². The summed E-state index contributed by atoms with van der Waals surface area (Å²) >= 11 is 0. The van der Waals surface area contributed by atoms with Gasteiger partial charge < -0.3 is 4.74 Å². The Morgan fingerprint density at radius 2 is 1.75 bits per heavy atom. The van der Waals surface area contributed by atoms with E-state index in [0.717, 1.165) is 10.8 Å². The lowest BCUT2D eigenvalue weighted by Crippen LogP contribution is -2.51. The standard InChI is InChI=1S/C18H12N2O4/c1-2-9-24-15-8-7-11-5-3-4-6-12(11)13(15)10-14-16(21)19-18(23)20-17(14)22/h1,3-8,10H,9H2,(H2,19,20,21,22,23). The van der Waals surface area contributed by atoms with Crippen LogP contribution in [0.2, 0.25) is 0 Å². The van der Waals surface area contributed by atoms with Crippen molar-refractivity contribution < 1.29 is 19.1 Å². The molecule has 3 rings (SSSR count). The van der Waals surface area contributed by atoms with E-state index < -0.39 is 17.8 Å². The molecular weight excluding hydrogens is 308 g/mol. The first-order valence-corrected chi connectivity index (χ1v) is 7.06. The van der Waals surface area contributed by atoms with E-state index in [0.29, 0.717) is 11.3 Å². The van der Waals surface area contributed by atoms with Gasteiger partial charge in [0.2, 0.25) is 0 Å². The molecule has 1 aliphatic rings. The third kappa shape index (κ3) is 2.83. The molecule has 0 bridgehead atoms. The minimum atomic E-state index is -0.844. The average Bonchev–Trinajstić information content (AvgIpc) is 2.56. The number of imide groups is 2. The molecule has 1 saturated heterocycles. The molecule has 2 aromatic rings. The van der Waals surface area contributed by atoms with Crippen LogP contribution in [0.25, 0.3) is 16.8 Å². The summed E-state index contributed by atoms with van der Waals surface area (Å²) in [5, 5.41) is 5.78. The second kappa shape index (κ2) is 6.26. The first kappa shape index (κ1) is 15.3. The predicted molar refractivity (Wildman–Crippen MR) is 87.9 cm³/mol. The Morgan fingerprint density at radius 1 is 1.04 bits per heavy atom. The van der Waals surface area contributed by atoms with Gasteiger partial charge in [-0.05, 0) is 22.9 Å². The van der Waals surface area contributed by atoms with Gasteiger partial charge in [0.1, 0.15) is 17.9 Å². The summed E-state index contributed by atoms with van der Waals surface area (Å²) in [6.45, 7) is 0.0470. The summed E-state index contributed by atoms with van der Waals surface area (Å²) in [4.78, 5) is 35.1. The molecule has 0 unspecified atom stereocenters. The lowest BCUT2D eigenvalue weighted by Gasteiger charge is -2.15. The number of benzene rings is 2. The maximum atomic E-state index is 11.9. The zero-order valence-corrected chi connectivity index (χ0v) is 12.5. The number of hydrogen-bond donors (Lipinski definition) is 2. The summed E-state index contributed by atoms with van der Waals surface area (Å²) in [5.41, 5.74) is 0.356. The van der Waals surface area contributed by atoms with Crippen molar-refractivity contribution in [2.24, 2.45) is 0 Å². The maximum absolute atomic E-state index is 11.9. The van der Waals surface area contributed by atoms with Gasteiger partial charge in [-0.1, -0.05) is 36.3 Å². The Morgan fingerprint density at radius 3 is 2.46 bits per heavy atom. The SMILES string of the molecule is C#CCOc1ccc2ccccc2c1C=C1C(=O)NC(=O)NC1=O. The zero-order valence-electron chi connectivity index (χ0n) is 12.5. The van der Waals surface area contributed by atoms with E-state index in [4.69, 9.17) is 11.2 Å². The Hall–Kier alpha value is -3.59. The summed E-state index contributed by atoms with van der Waals surface area (Å²) in [5.74, 6) is 1.29. The molecule has 0 aliphatic carbocycles. The predicted octanol–water partition coefficient (Wildman–Crippen LogP) is 1.60. The van der Waals surface area contributed by atoms with Crippen LogP contribution in [0.15, 0.2) is 42.0 Å². The number of carbonyl (C=O) groups is 3. The highest BCUT2D eigenvalue weighted by Gasteiger charge is 2.28. The minimum Gasteiger partial charge on any atom is -0.480 e. The second-order valence-corrected chi connectivity index (χ2v) is 4.99. The van der Waals surface area contributed by atoms with Gasteiger partial charge in [0.25, 0.3) is 11.8 Å². The molecule has 0 spiro atoms. The monoisotopic (exact) mass is 320 g/mol. The Bertz CT molecular complexity index is 916. The molecule has 6 heteroatoms. The number of carbonyl (C=O) groups excluding carboxylic acids is 3. The molecule has 0 saturated carbocycles. The topological polar surface area (TPSA) is 84.5 Å². The summed E-state index contributed by atoms with van der Waals surface area (Å²) in [7, 11) is 0. The molecule has 2 N–H and O–H groups in total. The van der Waals surface area contributed by atoms with E-state index in [-0.39, 0.29) is 12.2 Å². The molecule has 1 fully saturated rings. The van der Waals surface area contributed by atoms with E-state index in [1.807, 2.05) is 41.0 Å². The molecule has 118 valence electrons. The van der Waals surface area contributed by atoms with Crippen molar-refractivity contribution in [3.05, 3.63) is 47.5 Å². The van der Waals surface area contributed by atoms with E-state index in [1.165, 1.54) is 6.08 Å². The third-order valence-corrected chi connectivity index (χ3v) is 3.47. The van der Waals surface area contributed by atoms with Crippen LogP contribution in [0, 0.1) is 12.3 Å². The van der Waals surface area contributed by atoms with Gasteiger partial charge in [0.05, 0.1) is 0 Å². The molecule has 1 heterocycles. The maximum Gasteiger partial charge on any atom is 0.328 e. The van der Waals surface area contributed by atoms with Crippen molar-refractivity contribution in [1.82, 2.24) is 10.6 Å². The number of ether oxygens (including phenoxy) is 1. The number of fused-ring (bicyclic) bond motifs is 1. The van der Waals surface area contributed by atoms with E-state index in [1.54, 1.807) is 6.07 Å². The molecule has 24 heavy (non-hydrogen) atoms. The molecule has 1 aliphatic heterocycles. The first-order valence-electron chi connectivity index (χ1n) is 7.06. The Labute approximate surface area is 137 Å². The highest BCUT2D eigenvalue weighted by molar-refractivity contribution is 6.31. The molecule has 6 nitrogen and oxygen atoms in total. The van der Waals surface area contributed by atoms with Crippen molar-refractivity contribution in [3.8, 4) is 18.1 Å². The number of amides is 4. The molecule has 0 aromatic heterocycles. The number of terminal acetylenes is 1. The molecule has 2 aromatic carbocycles. The first-order chi connectivity index (χ1) is 11.6. The van der Waals surface area contributed by atoms with Gasteiger partial charge in [0.15, 0.2) is 0 Å². The van der Waals surface area contributed by atoms with Crippen LogP contribution in [-0.4, -0.2) is 24.5 Å². The van der Waals surface area contributed by atoms with Gasteiger partial charge in [-0.2, -0.15) is 0 Å². The number of hydrogen-bond acceptors (Lipinski definition) is 4. The van der Waals surface area contributed by atoms with Crippen molar-refractivity contribution in [2.45, 2.75) is 0 Å². The second-order valence-electron chi connectivity index (χ2n) is 4.99. The molecule has 4 amide bonds. The fraction of sp³-hybridized carbons (Fsp3) is 0.0556. The molecule has 0 atom stereocenters. The van der Waals surface area contributed by atoms with Crippen LogP contribution in [0.3, 0.4) is 0 Å². The normalized spacial score (nSPS) is 14.0. The van der Waals surface area contributed by atoms with Crippen LogP contribution in [-0.2, 0) is 9.59 Å². The van der Waals surface area contributed by atoms with Crippen LogP contribution < -0.4 is 15.4 Å². The minimum absolute atomic E-state index is 0.0470. The van der Waals surface area contributed by atoms with Gasteiger partial charge in [-0.3, -0.25) is 20.2 Å². The number of rotatable bonds is 3. The number of nitrogens with one attached hydrogen (secondary N) is 2. The third-order valence-electron chi connectivity index (χ3n) is 3.47. The van der Waals surface area contributed by atoms with E-state index in [2.05, 4.69) is 5.92 Å². The Balaban J connectivity index is 2.18. The van der Waals surface area contributed by atoms with Gasteiger partial charge in [-0.25, -0.2) is 4.79 Å². The highest BCUT2D eigenvalue weighted by atomic mass is 16.5. The van der Waals surface area contributed by atoms with E-state index >= 15 is 0 Å². The zero-order chi connectivity index (χ0) is 17.1.